The molecule has 27 heavy (non-hydrogen) atoms. The maximum Gasteiger partial charge on any atom is 0.244 e. The fraction of sp³-hybridized carbons (Fsp3) is 0.294. The number of ether oxygens (including phenoxy) is 1. The molecule has 2 aliphatic rings. The van der Waals surface area contributed by atoms with Gasteiger partial charge in [-0.05, 0) is 49.2 Å². The van der Waals surface area contributed by atoms with Gasteiger partial charge in [0.1, 0.15) is 16.4 Å². The molecule has 8 nitrogen and oxygen atoms in total. The van der Waals surface area contributed by atoms with Gasteiger partial charge in [-0.25, -0.2) is 16.8 Å². The van der Waals surface area contributed by atoms with E-state index in [1.165, 1.54) is 6.07 Å². The molecule has 4 rings (SSSR count). The second-order valence-electron chi connectivity index (χ2n) is 6.64. The normalized spacial score (nSPS) is 18.6. The van der Waals surface area contributed by atoms with Crippen LogP contribution in [0, 0.1) is 0 Å². The molecule has 1 fully saturated rings. The molecular formula is C17H19N3O5S2. The van der Waals surface area contributed by atoms with Crippen LogP contribution in [0.4, 0.5) is 11.4 Å². The zero-order chi connectivity index (χ0) is 19.2. The van der Waals surface area contributed by atoms with Crippen molar-refractivity contribution in [1.29, 1.82) is 0 Å². The summed E-state index contributed by atoms with van der Waals surface area (Å²) in [5.41, 5.74) is 1.11. The van der Waals surface area contributed by atoms with E-state index in [0.29, 0.717) is 28.9 Å². The number of anilines is 2. The first-order valence-corrected chi connectivity index (χ1v) is 11.7. The van der Waals surface area contributed by atoms with Crippen LogP contribution in [0.3, 0.4) is 0 Å². The second kappa shape index (κ2) is 6.39. The Morgan fingerprint density at radius 2 is 1.78 bits per heavy atom. The van der Waals surface area contributed by atoms with E-state index in [9.17, 15) is 16.8 Å². The largest absolute Gasteiger partial charge is 0.457 e. The monoisotopic (exact) mass is 409 g/mol. The van der Waals surface area contributed by atoms with E-state index in [1.807, 2.05) is 0 Å². The lowest BCUT2D eigenvalue weighted by molar-refractivity contribution is 0.480. The molecule has 0 saturated heterocycles. The summed E-state index contributed by atoms with van der Waals surface area (Å²) in [6, 6.07) is 11.7. The fourth-order valence-corrected chi connectivity index (χ4v) is 4.74. The summed E-state index contributed by atoms with van der Waals surface area (Å²) in [6.07, 6.45) is 3.20. The minimum Gasteiger partial charge on any atom is -0.457 e. The average Bonchev–Trinajstić information content (AvgIpc) is 3.41. The van der Waals surface area contributed by atoms with E-state index >= 15 is 0 Å². The van der Waals surface area contributed by atoms with E-state index in [1.54, 1.807) is 36.4 Å². The predicted octanol–water partition coefficient (Wildman–Crippen LogP) is 2.07. The van der Waals surface area contributed by atoms with Crippen molar-refractivity contribution in [2.75, 3.05) is 22.5 Å². The van der Waals surface area contributed by atoms with Gasteiger partial charge in [0.15, 0.2) is 0 Å². The number of hydrogen-bond donors (Lipinski definition) is 2. The maximum absolute atomic E-state index is 12.4. The average molecular weight is 409 g/mol. The number of fused-ring (bicyclic) bond motifs is 1. The smallest absolute Gasteiger partial charge is 0.244 e. The number of nitrogens with one attached hydrogen (secondary N) is 2. The molecule has 2 aromatic rings. The number of nitrogens with zero attached hydrogens (tertiary/aromatic N) is 1. The van der Waals surface area contributed by atoms with Crippen molar-refractivity contribution in [2.45, 2.75) is 23.8 Å². The van der Waals surface area contributed by atoms with Gasteiger partial charge in [0.05, 0.1) is 18.6 Å². The number of benzene rings is 2. The second-order valence-corrected chi connectivity index (χ2v) is 10.1. The third kappa shape index (κ3) is 4.02. The van der Waals surface area contributed by atoms with Crippen LogP contribution >= 0.6 is 0 Å². The number of sulfonamides is 2. The van der Waals surface area contributed by atoms with Crippen molar-refractivity contribution in [2.24, 2.45) is 0 Å². The third-order valence-corrected chi connectivity index (χ3v) is 6.36. The minimum absolute atomic E-state index is 0.202. The Balaban J connectivity index is 1.58. The summed E-state index contributed by atoms with van der Waals surface area (Å²) < 4.78 is 58.0. The summed E-state index contributed by atoms with van der Waals surface area (Å²) in [7, 11) is -6.92. The molecule has 0 radical (unpaired) electrons. The highest BCUT2D eigenvalue weighted by Crippen LogP contribution is 2.39. The molecule has 0 amide bonds. The minimum atomic E-state index is -3.57. The van der Waals surface area contributed by atoms with Gasteiger partial charge in [0, 0.05) is 17.8 Å². The van der Waals surface area contributed by atoms with Crippen LogP contribution < -0.4 is 19.1 Å². The molecule has 2 N–H and O–H groups in total. The molecule has 10 heteroatoms. The van der Waals surface area contributed by atoms with Crippen LogP contribution in [0.25, 0.3) is 0 Å². The first-order valence-electron chi connectivity index (χ1n) is 8.37. The Hall–Kier alpha value is -2.30. The SMILES string of the molecule is CS(=O)(=O)Nc1ccc(Oc2ccc3c(c2)S(=O)(=O)NCN3C2CC2)cc1. The Kier molecular flexibility index (Phi) is 4.28. The molecule has 1 saturated carbocycles. The molecule has 0 unspecified atom stereocenters. The van der Waals surface area contributed by atoms with Gasteiger partial charge in [0.25, 0.3) is 0 Å². The van der Waals surface area contributed by atoms with Crippen LogP contribution in [-0.2, 0) is 20.0 Å². The summed E-state index contributed by atoms with van der Waals surface area (Å²) in [6.45, 7) is 0.287. The molecule has 0 spiro atoms. The fourth-order valence-electron chi connectivity index (χ4n) is 2.98. The molecule has 2 aromatic carbocycles. The standard InChI is InChI=1S/C17H19N3O5S2/c1-26(21,22)19-12-2-6-14(7-3-12)25-15-8-9-16-17(10-15)27(23,24)18-11-20(16)13-4-5-13/h2-3,6-10,13,18-19H,4-5,11H2,1H3. The lowest BCUT2D eigenvalue weighted by atomic mass is 10.2. The third-order valence-electron chi connectivity index (χ3n) is 4.34. The molecular weight excluding hydrogens is 390 g/mol. The molecule has 0 atom stereocenters. The van der Waals surface area contributed by atoms with Crippen molar-refractivity contribution >= 4 is 31.4 Å². The van der Waals surface area contributed by atoms with Crippen molar-refractivity contribution < 1.29 is 21.6 Å². The van der Waals surface area contributed by atoms with E-state index in [-0.39, 0.29) is 11.6 Å². The zero-order valence-corrected chi connectivity index (χ0v) is 16.2. The predicted molar refractivity (Wildman–Crippen MR) is 102 cm³/mol. The highest BCUT2D eigenvalue weighted by atomic mass is 32.2. The van der Waals surface area contributed by atoms with Crippen molar-refractivity contribution in [3.8, 4) is 11.5 Å². The van der Waals surface area contributed by atoms with Gasteiger partial charge in [-0.3, -0.25) is 4.72 Å². The lowest BCUT2D eigenvalue weighted by Crippen LogP contribution is -2.44. The van der Waals surface area contributed by atoms with E-state index in [2.05, 4.69) is 14.3 Å². The maximum atomic E-state index is 12.4. The van der Waals surface area contributed by atoms with Gasteiger partial charge in [-0.15, -0.1) is 0 Å². The quantitative estimate of drug-likeness (QED) is 0.783. The molecule has 0 bridgehead atoms. The van der Waals surface area contributed by atoms with Crippen molar-refractivity contribution in [3.63, 3.8) is 0 Å². The first kappa shape index (κ1) is 18.1. The van der Waals surface area contributed by atoms with E-state index < -0.39 is 20.0 Å². The number of rotatable bonds is 5. The van der Waals surface area contributed by atoms with Crippen molar-refractivity contribution in [3.05, 3.63) is 42.5 Å². The van der Waals surface area contributed by atoms with Crippen LogP contribution in [0.15, 0.2) is 47.4 Å². The first-order chi connectivity index (χ1) is 12.7. The molecule has 1 aliphatic carbocycles. The zero-order valence-electron chi connectivity index (χ0n) is 14.5. The van der Waals surface area contributed by atoms with Crippen molar-refractivity contribution in [1.82, 2.24) is 4.72 Å². The van der Waals surface area contributed by atoms with Crippen LogP contribution in [0.2, 0.25) is 0 Å². The Bertz CT molecular complexity index is 1080. The lowest BCUT2D eigenvalue weighted by Gasteiger charge is -2.31. The molecule has 1 aliphatic heterocycles. The Morgan fingerprint density at radius 1 is 1.11 bits per heavy atom. The van der Waals surface area contributed by atoms with Gasteiger partial charge in [-0.1, -0.05) is 0 Å². The Morgan fingerprint density at radius 3 is 2.41 bits per heavy atom. The summed E-state index contributed by atoms with van der Waals surface area (Å²) in [4.78, 5) is 2.26. The molecule has 1 heterocycles. The molecule has 0 aromatic heterocycles. The summed E-state index contributed by atoms with van der Waals surface area (Å²) >= 11 is 0. The highest BCUT2D eigenvalue weighted by molar-refractivity contribution is 7.92. The number of hydrogen-bond acceptors (Lipinski definition) is 6. The van der Waals surface area contributed by atoms with Gasteiger partial charge in [0.2, 0.25) is 20.0 Å². The Labute approximate surface area is 158 Å². The summed E-state index contributed by atoms with van der Waals surface area (Å²) in [5, 5.41) is 0. The van der Waals surface area contributed by atoms with Crippen LogP contribution in [0.1, 0.15) is 12.8 Å². The highest BCUT2D eigenvalue weighted by Gasteiger charge is 2.36. The van der Waals surface area contributed by atoms with Gasteiger partial charge in [-0.2, -0.15) is 4.72 Å². The van der Waals surface area contributed by atoms with Crippen LogP contribution in [0.5, 0.6) is 11.5 Å². The van der Waals surface area contributed by atoms with Gasteiger partial charge < -0.3 is 9.64 Å². The van der Waals surface area contributed by atoms with E-state index in [0.717, 1.165) is 19.1 Å². The van der Waals surface area contributed by atoms with Gasteiger partial charge >= 0.3 is 0 Å². The summed E-state index contributed by atoms with van der Waals surface area (Å²) in [5.74, 6) is 0.856. The molecule has 144 valence electrons. The topological polar surface area (TPSA) is 105 Å². The van der Waals surface area contributed by atoms with Crippen LogP contribution in [-0.4, -0.2) is 35.8 Å². The van der Waals surface area contributed by atoms with E-state index in [4.69, 9.17) is 4.74 Å².